The van der Waals surface area contributed by atoms with Crippen LogP contribution in [-0.2, 0) is 7.05 Å². The van der Waals surface area contributed by atoms with Crippen LogP contribution in [0, 0.1) is 0 Å². The molecule has 3 N–H and O–H groups in total. The van der Waals surface area contributed by atoms with Gasteiger partial charge in [-0.15, -0.1) is 12.6 Å². The number of nitrogens with two attached hydrogens (primary N) is 1. The predicted octanol–water partition coefficient (Wildman–Crippen LogP) is 2.63. The maximum Gasteiger partial charge on any atom is 0.261 e. The lowest BCUT2D eigenvalue weighted by atomic mass is 10.1. The van der Waals surface area contributed by atoms with E-state index in [-0.39, 0.29) is 11.6 Å². The van der Waals surface area contributed by atoms with Crippen LogP contribution in [-0.4, -0.2) is 46.5 Å². The summed E-state index contributed by atoms with van der Waals surface area (Å²) in [5, 5.41) is 4.49. The number of amides is 1. The molecular weight excluding hydrogens is 434 g/mol. The summed E-state index contributed by atoms with van der Waals surface area (Å²) in [7, 11) is 1.72. The van der Waals surface area contributed by atoms with Gasteiger partial charge in [0.05, 0.1) is 16.9 Å². The lowest BCUT2D eigenvalue weighted by Gasteiger charge is -2.33. The lowest BCUT2D eigenvalue weighted by Crippen LogP contribution is -2.45. The van der Waals surface area contributed by atoms with Crippen LogP contribution in [0.25, 0.3) is 10.9 Å². The molecule has 164 valence electrons. The summed E-state index contributed by atoms with van der Waals surface area (Å²) in [5.41, 5.74) is 6.04. The second-order valence-corrected chi connectivity index (χ2v) is 8.32. The van der Waals surface area contributed by atoms with Crippen molar-refractivity contribution < 1.29 is 4.79 Å². The molecule has 1 amide bonds. The van der Waals surface area contributed by atoms with Crippen molar-refractivity contribution >= 4 is 41.0 Å². The van der Waals surface area contributed by atoms with Crippen LogP contribution in [0.15, 0.2) is 52.2 Å². The van der Waals surface area contributed by atoms with E-state index < -0.39 is 5.91 Å². The molecule has 3 aromatic rings. The number of fused-ring (bicyclic) bond motifs is 1. The van der Waals surface area contributed by atoms with Gasteiger partial charge >= 0.3 is 0 Å². The first-order chi connectivity index (χ1) is 14.8. The fourth-order valence-electron chi connectivity index (χ4n) is 3.49. The minimum absolute atomic E-state index is 0.0509. The zero-order valence-electron chi connectivity index (χ0n) is 17.5. The lowest BCUT2D eigenvalue weighted by molar-refractivity contribution is 0.100. The predicted molar refractivity (Wildman–Crippen MR) is 127 cm³/mol. The average Bonchev–Trinajstić information content (AvgIpc) is 2.78. The Kier molecular flexibility index (Phi) is 7.72. The molecule has 0 aliphatic carbocycles. The Labute approximate surface area is 191 Å². The number of nitrogens with zero attached hydrogens (tertiary/aromatic N) is 3. The van der Waals surface area contributed by atoms with E-state index in [0.29, 0.717) is 16.5 Å². The summed E-state index contributed by atoms with van der Waals surface area (Å²) in [6.07, 6.45) is 0. The van der Waals surface area contributed by atoms with Crippen LogP contribution in [0.4, 0.5) is 0 Å². The summed E-state index contributed by atoms with van der Waals surface area (Å²) in [6, 6.07) is 12.2. The maximum atomic E-state index is 12.7. The molecule has 1 saturated heterocycles. The molecular formula is C22H26ClN5O2S. The second-order valence-electron chi connectivity index (χ2n) is 7.37. The zero-order valence-corrected chi connectivity index (χ0v) is 19.2. The van der Waals surface area contributed by atoms with Crippen molar-refractivity contribution in [2.24, 2.45) is 12.8 Å². The number of carbonyl (C=O) groups excluding carboxylic acids is 1. The fourth-order valence-corrected chi connectivity index (χ4v) is 3.76. The van der Waals surface area contributed by atoms with Crippen molar-refractivity contribution in [2.45, 2.75) is 17.9 Å². The first-order valence-electron chi connectivity index (χ1n) is 9.97. The number of aromatic nitrogens is 2. The highest BCUT2D eigenvalue weighted by molar-refractivity contribution is 7.80. The SMILES string of the molecule is CC(c1nc2ccc(C(N)=O)cc2c(=O)n1C)N1CCNCC1.Sc1ccc(Cl)cc1. The Balaban J connectivity index is 0.000000287. The molecule has 1 atom stereocenters. The topological polar surface area (TPSA) is 93.2 Å². The minimum atomic E-state index is -0.549. The fraction of sp³-hybridized carbons (Fsp3) is 0.318. The molecule has 1 aliphatic heterocycles. The van der Waals surface area contributed by atoms with Gasteiger partial charge in [-0.2, -0.15) is 0 Å². The van der Waals surface area contributed by atoms with Gasteiger partial charge in [0.2, 0.25) is 5.91 Å². The second kappa shape index (κ2) is 10.3. The van der Waals surface area contributed by atoms with Gasteiger partial charge in [0.15, 0.2) is 0 Å². The Morgan fingerprint density at radius 2 is 1.84 bits per heavy atom. The molecule has 9 heteroatoms. The third-order valence-electron chi connectivity index (χ3n) is 5.29. The van der Waals surface area contributed by atoms with E-state index in [1.54, 1.807) is 23.7 Å². The summed E-state index contributed by atoms with van der Waals surface area (Å²) < 4.78 is 1.57. The highest BCUT2D eigenvalue weighted by Crippen LogP contribution is 2.20. The Morgan fingerprint density at radius 3 is 2.42 bits per heavy atom. The van der Waals surface area contributed by atoms with Gasteiger partial charge in [-0.05, 0) is 49.4 Å². The van der Waals surface area contributed by atoms with Crippen LogP contribution in [0.3, 0.4) is 0 Å². The Bertz CT molecular complexity index is 1110. The molecule has 4 rings (SSSR count). The molecule has 0 bridgehead atoms. The highest BCUT2D eigenvalue weighted by atomic mass is 35.5. The molecule has 1 fully saturated rings. The molecule has 0 saturated carbocycles. The van der Waals surface area contributed by atoms with Crippen LogP contribution in [0.2, 0.25) is 5.02 Å². The average molecular weight is 460 g/mol. The summed E-state index contributed by atoms with van der Waals surface area (Å²) in [4.78, 5) is 31.9. The number of nitrogens with one attached hydrogen (secondary N) is 1. The zero-order chi connectivity index (χ0) is 22.5. The number of hydrogen-bond acceptors (Lipinski definition) is 6. The number of carbonyl (C=O) groups is 1. The molecule has 7 nitrogen and oxygen atoms in total. The first kappa shape index (κ1) is 23.3. The third-order valence-corrected chi connectivity index (χ3v) is 5.84. The van der Waals surface area contributed by atoms with E-state index in [9.17, 15) is 9.59 Å². The Morgan fingerprint density at radius 1 is 1.19 bits per heavy atom. The number of rotatable bonds is 3. The molecule has 0 radical (unpaired) electrons. The van der Waals surface area contributed by atoms with E-state index >= 15 is 0 Å². The van der Waals surface area contributed by atoms with Crippen LogP contribution >= 0.6 is 24.2 Å². The van der Waals surface area contributed by atoms with Crippen molar-refractivity contribution in [2.75, 3.05) is 26.2 Å². The monoisotopic (exact) mass is 459 g/mol. The number of halogens is 1. The Hall–Kier alpha value is -2.39. The summed E-state index contributed by atoms with van der Waals surface area (Å²) in [6.45, 7) is 5.80. The molecule has 0 spiro atoms. The molecule has 2 heterocycles. The van der Waals surface area contributed by atoms with E-state index in [1.165, 1.54) is 6.07 Å². The van der Waals surface area contributed by atoms with Gasteiger partial charge in [0, 0.05) is 48.7 Å². The third kappa shape index (κ3) is 5.65. The van der Waals surface area contributed by atoms with Gasteiger partial charge in [-0.1, -0.05) is 11.6 Å². The summed E-state index contributed by atoms with van der Waals surface area (Å²) in [5.74, 6) is 0.184. The molecule has 1 aliphatic rings. The van der Waals surface area contributed by atoms with Gasteiger partial charge in [-0.25, -0.2) is 4.98 Å². The van der Waals surface area contributed by atoms with E-state index in [2.05, 4.69) is 34.8 Å². The largest absolute Gasteiger partial charge is 0.366 e. The molecule has 1 aromatic heterocycles. The minimum Gasteiger partial charge on any atom is -0.366 e. The van der Waals surface area contributed by atoms with Crippen molar-refractivity contribution in [1.82, 2.24) is 19.8 Å². The van der Waals surface area contributed by atoms with Crippen LogP contribution in [0.1, 0.15) is 29.1 Å². The highest BCUT2D eigenvalue weighted by Gasteiger charge is 2.22. The molecule has 2 aromatic carbocycles. The molecule has 31 heavy (non-hydrogen) atoms. The maximum absolute atomic E-state index is 12.7. The van der Waals surface area contributed by atoms with E-state index in [1.807, 2.05) is 24.3 Å². The van der Waals surface area contributed by atoms with E-state index in [4.69, 9.17) is 17.3 Å². The van der Waals surface area contributed by atoms with Crippen molar-refractivity contribution in [1.29, 1.82) is 0 Å². The summed E-state index contributed by atoms with van der Waals surface area (Å²) >= 11 is 9.65. The van der Waals surface area contributed by atoms with Crippen molar-refractivity contribution in [3.63, 3.8) is 0 Å². The van der Waals surface area contributed by atoms with Gasteiger partial charge < -0.3 is 11.1 Å². The normalized spacial score (nSPS) is 15.2. The van der Waals surface area contributed by atoms with Gasteiger partial charge in [0.1, 0.15) is 5.82 Å². The smallest absolute Gasteiger partial charge is 0.261 e. The number of primary amides is 1. The van der Waals surface area contributed by atoms with Gasteiger partial charge in [-0.3, -0.25) is 19.1 Å². The number of benzene rings is 2. The number of piperazine rings is 1. The van der Waals surface area contributed by atoms with Crippen LogP contribution in [0.5, 0.6) is 0 Å². The number of thiol groups is 1. The standard InChI is InChI=1S/C16H21N5O2.C6H5ClS/c1-10(21-7-5-18-6-8-21)15-19-13-4-3-11(14(17)22)9-12(13)16(23)20(15)2;7-5-1-3-6(8)4-2-5/h3-4,9-10,18H,5-8H2,1-2H3,(H2,17,22);1-4,8H. The van der Waals surface area contributed by atoms with Gasteiger partial charge in [0.25, 0.3) is 5.56 Å². The first-order valence-corrected chi connectivity index (χ1v) is 10.8. The number of hydrogen-bond donors (Lipinski definition) is 3. The quantitative estimate of drug-likeness (QED) is 0.523. The van der Waals surface area contributed by atoms with E-state index in [0.717, 1.165) is 41.9 Å². The van der Waals surface area contributed by atoms with Crippen molar-refractivity contribution in [3.8, 4) is 0 Å². The van der Waals surface area contributed by atoms with Crippen molar-refractivity contribution in [3.05, 3.63) is 69.2 Å². The van der Waals surface area contributed by atoms with Crippen LogP contribution < -0.4 is 16.6 Å². The molecule has 1 unspecified atom stereocenters.